The zero-order valence-corrected chi connectivity index (χ0v) is 13.0. The van der Waals surface area contributed by atoms with Gasteiger partial charge in [0.25, 0.3) is 0 Å². The predicted molar refractivity (Wildman–Crippen MR) is 86.7 cm³/mol. The first-order valence-corrected chi connectivity index (χ1v) is 8.19. The van der Waals surface area contributed by atoms with Gasteiger partial charge in [0, 0.05) is 12.0 Å². The van der Waals surface area contributed by atoms with Crippen molar-refractivity contribution in [2.24, 2.45) is 0 Å². The first kappa shape index (κ1) is 14.0. The molecular weight excluding hydrogens is 276 g/mol. The van der Waals surface area contributed by atoms with Gasteiger partial charge in [-0.25, -0.2) is 4.68 Å². The van der Waals surface area contributed by atoms with E-state index in [2.05, 4.69) is 34.9 Å². The Balaban J connectivity index is 1.78. The second-order valence-corrected chi connectivity index (χ2v) is 6.19. The van der Waals surface area contributed by atoms with Crippen LogP contribution in [0.3, 0.4) is 0 Å². The summed E-state index contributed by atoms with van der Waals surface area (Å²) in [5.74, 6) is 0. The van der Waals surface area contributed by atoms with Crippen LogP contribution in [0.2, 0.25) is 0 Å². The fourth-order valence-corrected chi connectivity index (χ4v) is 3.47. The summed E-state index contributed by atoms with van der Waals surface area (Å²) < 4.78 is 13.4. The van der Waals surface area contributed by atoms with Crippen LogP contribution in [0.5, 0.6) is 0 Å². The fraction of sp³-hybridized carbons (Fsp3) is 0.500. The van der Waals surface area contributed by atoms with Gasteiger partial charge in [0.15, 0.2) is 6.23 Å². The minimum Gasteiger partial charge on any atom is -0.377 e. The molecule has 1 aromatic heterocycles. The molecule has 0 amide bonds. The van der Waals surface area contributed by atoms with Crippen LogP contribution in [0.15, 0.2) is 24.4 Å². The van der Waals surface area contributed by atoms with E-state index in [0.717, 1.165) is 39.1 Å². The summed E-state index contributed by atoms with van der Waals surface area (Å²) in [6, 6.07) is 4.53. The van der Waals surface area contributed by atoms with Gasteiger partial charge < -0.3 is 9.47 Å². The van der Waals surface area contributed by atoms with Crippen LogP contribution < -0.4 is 0 Å². The number of nitrogens with zero attached hydrogens (tertiary/aromatic N) is 2. The lowest BCUT2D eigenvalue weighted by Crippen LogP contribution is -2.19. The quantitative estimate of drug-likeness (QED) is 0.845. The number of fused-ring (bicyclic) bond motifs is 1. The van der Waals surface area contributed by atoms with Crippen LogP contribution >= 0.6 is 0 Å². The molecule has 2 aliphatic heterocycles. The Morgan fingerprint density at radius 1 is 1.23 bits per heavy atom. The molecule has 0 bridgehead atoms. The summed E-state index contributed by atoms with van der Waals surface area (Å²) in [6.45, 7) is 4.55. The molecule has 1 unspecified atom stereocenters. The Bertz CT molecular complexity index is 711. The number of aryl methyl sites for hydroxylation is 1. The van der Waals surface area contributed by atoms with E-state index in [1.807, 2.05) is 6.20 Å². The Kier molecular flexibility index (Phi) is 3.72. The van der Waals surface area contributed by atoms with Crippen molar-refractivity contribution < 1.29 is 9.47 Å². The molecule has 4 rings (SSSR count). The second kappa shape index (κ2) is 5.86. The molecule has 0 spiro atoms. The van der Waals surface area contributed by atoms with Crippen LogP contribution in [0.25, 0.3) is 16.5 Å². The van der Waals surface area contributed by atoms with Gasteiger partial charge >= 0.3 is 0 Å². The fourth-order valence-electron chi connectivity index (χ4n) is 3.47. The molecule has 3 heterocycles. The first-order chi connectivity index (χ1) is 10.8. The molecule has 0 saturated carbocycles. The summed E-state index contributed by atoms with van der Waals surface area (Å²) in [7, 11) is 0. The van der Waals surface area contributed by atoms with Crippen molar-refractivity contribution in [1.29, 1.82) is 0 Å². The zero-order valence-electron chi connectivity index (χ0n) is 13.0. The lowest BCUT2D eigenvalue weighted by molar-refractivity contribution is -0.0366. The van der Waals surface area contributed by atoms with Crippen molar-refractivity contribution in [3.8, 4) is 0 Å². The molecular formula is C18H22N2O2. The number of aromatic nitrogens is 2. The van der Waals surface area contributed by atoms with Crippen molar-refractivity contribution >= 4 is 16.5 Å². The molecule has 22 heavy (non-hydrogen) atoms. The maximum atomic E-state index is 5.91. The van der Waals surface area contributed by atoms with Gasteiger partial charge in [-0.2, -0.15) is 5.10 Å². The maximum absolute atomic E-state index is 5.91. The third kappa shape index (κ3) is 2.46. The third-order valence-corrected chi connectivity index (χ3v) is 4.68. The van der Waals surface area contributed by atoms with Crippen molar-refractivity contribution in [3.05, 3.63) is 35.5 Å². The highest BCUT2D eigenvalue weighted by molar-refractivity contribution is 5.85. The van der Waals surface area contributed by atoms with E-state index in [-0.39, 0.29) is 6.23 Å². The zero-order chi connectivity index (χ0) is 14.9. The predicted octanol–water partition coefficient (Wildman–Crippen LogP) is 3.85. The van der Waals surface area contributed by atoms with E-state index in [9.17, 15) is 0 Å². The highest BCUT2D eigenvalue weighted by Gasteiger charge is 2.19. The highest BCUT2D eigenvalue weighted by atomic mass is 16.5. The molecule has 2 aromatic rings. The second-order valence-electron chi connectivity index (χ2n) is 6.19. The number of hydrogen-bond acceptors (Lipinski definition) is 3. The normalized spacial score (nSPS) is 22.8. The molecule has 1 fully saturated rings. The van der Waals surface area contributed by atoms with Crippen LogP contribution in [-0.2, 0) is 9.47 Å². The van der Waals surface area contributed by atoms with Gasteiger partial charge in [-0.15, -0.1) is 0 Å². The van der Waals surface area contributed by atoms with Crippen LogP contribution in [0.4, 0.5) is 0 Å². The van der Waals surface area contributed by atoms with Gasteiger partial charge in [0.05, 0.1) is 24.9 Å². The third-order valence-electron chi connectivity index (χ3n) is 4.68. The molecule has 0 aliphatic carbocycles. The molecule has 0 radical (unpaired) electrons. The minimum atomic E-state index is 0.0884. The van der Waals surface area contributed by atoms with E-state index in [1.54, 1.807) is 0 Å². The Morgan fingerprint density at radius 2 is 2.18 bits per heavy atom. The number of ether oxygens (including phenoxy) is 2. The average molecular weight is 298 g/mol. The highest BCUT2D eigenvalue weighted by Crippen LogP contribution is 2.31. The Labute approximate surface area is 130 Å². The standard InChI is InChI=1S/C18H22N2O2/c1-13-10-15-12-19-20(18-4-2-3-7-22-18)17(15)11-16(13)14-5-8-21-9-6-14/h5,10-12,18H,2-4,6-9H2,1H3. The Morgan fingerprint density at radius 3 is 2.95 bits per heavy atom. The molecule has 116 valence electrons. The lowest BCUT2D eigenvalue weighted by atomic mass is 9.96. The summed E-state index contributed by atoms with van der Waals surface area (Å²) in [5, 5.41) is 5.79. The first-order valence-electron chi connectivity index (χ1n) is 8.19. The lowest BCUT2D eigenvalue weighted by Gasteiger charge is -2.24. The maximum Gasteiger partial charge on any atom is 0.150 e. The van der Waals surface area contributed by atoms with Gasteiger partial charge in [-0.05, 0) is 61.4 Å². The number of benzene rings is 1. The van der Waals surface area contributed by atoms with E-state index in [1.165, 1.54) is 34.0 Å². The molecule has 1 saturated heterocycles. The topological polar surface area (TPSA) is 36.3 Å². The van der Waals surface area contributed by atoms with Gasteiger partial charge in [0.1, 0.15) is 0 Å². The molecule has 1 aromatic carbocycles. The van der Waals surface area contributed by atoms with Crippen molar-refractivity contribution in [3.63, 3.8) is 0 Å². The monoisotopic (exact) mass is 298 g/mol. The SMILES string of the molecule is Cc1cc2cnn(C3CCCCO3)c2cc1C1=CCOCC1. The average Bonchev–Trinajstić information content (AvgIpc) is 2.98. The summed E-state index contributed by atoms with van der Waals surface area (Å²) in [6.07, 6.45) is 8.67. The van der Waals surface area contributed by atoms with Crippen LogP contribution in [0, 0.1) is 6.92 Å². The molecule has 0 N–H and O–H groups in total. The van der Waals surface area contributed by atoms with Crippen molar-refractivity contribution in [2.75, 3.05) is 19.8 Å². The smallest absolute Gasteiger partial charge is 0.150 e. The van der Waals surface area contributed by atoms with Crippen molar-refractivity contribution in [1.82, 2.24) is 9.78 Å². The largest absolute Gasteiger partial charge is 0.377 e. The molecule has 2 aliphatic rings. The minimum absolute atomic E-state index is 0.0884. The van der Waals surface area contributed by atoms with E-state index in [4.69, 9.17) is 9.47 Å². The number of hydrogen-bond donors (Lipinski definition) is 0. The van der Waals surface area contributed by atoms with Crippen molar-refractivity contribution in [2.45, 2.75) is 38.8 Å². The molecule has 4 nitrogen and oxygen atoms in total. The molecule has 4 heteroatoms. The number of rotatable bonds is 2. The van der Waals surface area contributed by atoms with E-state index >= 15 is 0 Å². The molecule has 1 atom stereocenters. The summed E-state index contributed by atoms with van der Waals surface area (Å²) in [4.78, 5) is 0. The van der Waals surface area contributed by atoms with Crippen LogP contribution in [-0.4, -0.2) is 29.6 Å². The summed E-state index contributed by atoms with van der Waals surface area (Å²) in [5.41, 5.74) is 5.21. The van der Waals surface area contributed by atoms with Gasteiger partial charge in [-0.3, -0.25) is 0 Å². The van der Waals surface area contributed by atoms with Crippen LogP contribution in [0.1, 0.15) is 43.0 Å². The van der Waals surface area contributed by atoms with Gasteiger partial charge in [0.2, 0.25) is 0 Å². The Hall–Kier alpha value is -1.65. The summed E-state index contributed by atoms with van der Waals surface area (Å²) >= 11 is 0. The van der Waals surface area contributed by atoms with E-state index < -0.39 is 0 Å². The van der Waals surface area contributed by atoms with Gasteiger partial charge in [-0.1, -0.05) is 6.08 Å². The van der Waals surface area contributed by atoms with E-state index in [0.29, 0.717) is 0 Å².